The molecule has 0 bridgehead atoms. The van der Waals surface area contributed by atoms with E-state index in [1.807, 2.05) is 10.8 Å². The highest BCUT2D eigenvalue weighted by molar-refractivity contribution is 4.94. The van der Waals surface area contributed by atoms with E-state index >= 15 is 0 Å². The average Bonchev–Trinajstić information content (AvgIpc) is 2.99. The molecule has 0 saturated carbocycles. The van der Waals surface area contributed by atoms with Crippen molar-refractivity contribution in [3.05, 3.63) is 18.7 Å². The van der Waals surface area contributed by atoms with Crippen molar-refractivity contribution < 1.29 is 5.11 Å². The highest BCUT2D eigenvalue weighted by Gasteiger charge is 2.36. The molecule has 0 radical (unpaired) electrons. The van der Waals surface area contributed by atoms with Gasteiger partial charge >= 0.3 is 0 Å². The second-order valence-electron chi connectivity index (χ2n) is 5.08. The molecule has 3 heterocycles. The molecule has 1 aromatic rings. The molecule has 0 aliphatic carbocycles. The van der Waals surface area contributed by atoms with Crippen LogP contribution in [0.2, 0.25) is 0 Å². The fourth-order valence-corrected chi connectivity index (χ4v) is 3.03. The average molecular weight is 236 g/mol. The van der Waals surface area contributed by atoms with Crippen LogP contribution < -0.4 is 5.32 Å². The third-order valence-electron chi connectivity index (χ3n) is 4.02. The van der Waals surface area contributed by atoms with Gasteiger partial charge in [-0.25, -0.2) is 4.98 Å². The molecule has 5 heteroatoms. The number of nitrogens with one attached hydrogen (secondary N) is 1. The van der Waals surface area contributed by atoms with Crippen LogP contribution in [0.15, 0.2) is 18.7 Å². The van der Waals surface area contributed by atoms with E-state index < -0.39 is 0 Å². The Morgan fingerprint density at radius 1 is 1.24 bits per heavy atom. The number of imidazole rings is 1. The minimum atomic E-state index is -0.265. The minimum absolute atomic E-state index is 0.174. The van der Waals surface area contributed by atoms with E-state index in [9.17, 15) is 5.11 Å². The lowest BCUT2D eigenvalue weighted by Crippen LogP contribution is -2.42. The van der Waals surface area contributed by atoms with Gasteiger partial charge in [0.25, 0.3) is 0 Å². The molecule has 2 aliphatic heterocycles. The molecule has 2 atom stereocenters. The Morgan fingerprint density at radius 2 is 2.06 bits per heavy atom. The molecular weight excluding hydrogens is 216 g/mol. The van der Waals surface area contributed by atoms with Gasteiger partial charge in [0.2, 0.25) is 0 Å². The quantitative estimate of drug-likeness (QED) is 0.750. The highest BCUT2D eigenvalue weighted by atomic mass is 16.3. The van der Waals surface area contributed by atoms with Gasteiger partial charge in [-0.05, 0) is 25.9 Å². The molecule has 2 aliphatic rings. The van der Waals surface area contributed by atoms with Gasteiger partial charge < -0.3 is 15.0 Å². The van der Waals surface area contributed by atoms with Crippen molar-refractivity contribution in [1.29, 1.82) is 0 Å². The van der Waals surface area contributed by atoms with E-state index in [0.717, 1.165) is 26.2 Å². The molecule has 5 nitrogen and oxygen atoms in total. The number of β-amino-alcohol motifs (C(OH)–C–C–N with tert-alkyl or cyclic N) is 1. The van der Waals surface area contributed by atoms with Crippen LogP contribution in [0.4, 0.5) is 0 Å². The first-order valence-electron chi connectivity index (χ1n) is 6.45. The number of aliphatic hydroxyl groups is 1. The van der Waals surface area contributed by atoms with E-state index in [0.29, 0.717) is 6.04 Å². The molecule has 0 unspecified atom stereocenters. The van der Waals surface area contributed by atoms with Crippen molar-refractivity contribution in [1.82, 2.24) is 19.8 Å². The number of hydrogen-bond donors (Lipinski definition) is 2. The van der Waals surface area contributed by atoms with E-state index in [2.05, 4.69) is 15.2 Å². The van der Waals surface area contributed by atoms with Crippen LogP contribution in [0.1, 0.15) is 18.9 Å². The minimum Gasteiger partial charge on any atom is -0.390 e. The molecule has 3 rings (SSSR count). The first-order chi connectivity index (χ1) is 8.34. The first kappa shape index (κ1) is 11.2. The smallest absolute Gasteiger partial charge is 0.0949 e. The third-order valence-corrected chi connectivity index (χ3v) is 4.02. The number of nitrogens with zero attached hydrogens (tertiary/aromatic N) is 3. The van der Waals surface area contributed by atoms with Crippen molar-refractivity contribution >= 4 is 0 Å². The molecule has 94 valence electrons. The van der Waals surface area contributed by atoms with Crippen LogP contribution in [0, 0.1) is 0 Å². The predicted octanol–water partition coefficient (Wildman–Crippen LogP) is -0.147. The molecule has 17 heavy (non-hydrogen) atoms. The summed E-state index contributed by atoms with van der Waals surface area (Å²) in [7, 11) is 0. The molecule has 2 saturated heterocycles. The summed E-state index contributed by atoms with van der Waals surface area (Å²) in [5.74, 6) is 0. The Balaban J connectivity index is 1.66. The standard InChI is InChI=1S/C12H20N4O/c17-12-8-16(10-1-3-13-4-2-10)7-11(12)15-6-5-14-9-15/h5-6,9-13,17H,1-4,7-8H2/t11-,12-/m1/s1. The molecule has 0 amide bonds. The van der Waals surface area contributed by atoms with Gasteiger partial charge in [-0.1, -0.05) is 0 Å². The van der Waals surface area contributed by atoms with Crippen LogP contribution in [-0.4, -0.2) is 57.9 Å². The maximum absolute atomic E-state index is 10.2. The zero-order chi connectivity index (χ0) is 11.7. The van der Waals surface area contributed by atoms with E-state index in [1.54, 1.807) is 12.5 Å². The monoisotopic (exact) mass is 236 g/mol. The molecule has 0 spiro atoms. The summed E-state index contributed by atoms with van der Waals surface area (Å²) in [6.07, 6.45) is 7.66. The maximum atomic E-state index is 10.2. The number of aromatic nitrogens is 2. The predicted molar refractivity (Wildman–Crippen MR) is 64.7 cm³/mol. The van der Waals surface area contributed by atoms with Crippen molar-refractivity contribution in [2.24, 2.45) is 0 Å². The number of aliphatic hydroxyl groups excluding tert-OH is 1. The summed E-state index contributed by atoms with van der Waals surface area (Å²) < 4.78 is 2.03. The first-order valence-corrected chi connectivity index (χ1v) is 6.45. The number of piperidine rings is 1. The lowest BCUT2D eigenvalue weighted by molar-refractivity contribution is 0.132. The Kier molecular flexibility index (Phi) is 3.13. The van der Waals surface area contributed by atoms with Gasteiger partial charge in [-0.15, -0.1) is 0 Å². The number of rotatable bonds is 2. The molecular formula is C12H20N4O. The molecule has 1 aromatic heterocycles. The van der Waals surface area contributed by atoms with Crippen molar-refractivity contribution in [3.63, 3.8) is 0 Å². The SMILES string of the molecule is O[C@@H]1CN(C2CCNCC2)C[C@H]1n1ccnc1. The normalized spacial score (nSPS) is 32.1. The van der Waals surface area contributed by atoms with Crippen LogP contribution in [0.5, 0.6) is 0 Å². The molecule has 2 fully saturated rings. The maximum Gasteiger partial charge on any atom is 0.0949 e. The zero-order valence-corrected chi connectivity index (χ0v) is 10.00. The van der Waals surface area contributed by atoms with E-state index in [4.69, 9.17) is 0 Å². The van der Waals surface area contributed by atoms with Gasteiger partial charge in [0.15, 0.2) is 0 Å². The number of likely N-dealkylation sites (tertiary alicyclic amines) is 1. The van der Waals surface area contributed by atoms with Gasteiger partial charge in [-0.2, -0.15) is 0 Å². The Morgan fingerprint density at radius 3 is 2.76 bits per heavy atom. The number of hydrogen-bond acceptors (Lipinski definition) is 4. The summed E-state index contributed by atoms with van der Waals surface area (Å²) in [6, 6.07) is 0.812. The van der Waals surface area contributed by atoms with Crippen molar-refractivity contribution in [2.75, 3.05) is 26.2 Å². The van der Waals surface area contributed by atoms with Crippen molar-refractivity contribution in [3.8, 4) is 0 Å². The Labute approximate surface area is 101 Å². The van der Waals surface area contributed by atoms with Crippen molar-refractivity contribution in [2.45, 2.75) is 31.0 Å². The fraction of sp³-hybridized carbons (Fsp3) is 0.750. The lowest BCUT2D eigenvalue weighted by Gasteiger charge is -2.31. The summed E-state index contributed by atoms with van der Waals surface area (Å²) >= 11 is 0. The molecule has 2 N–H and O–H groups in total. The van der Waals surface area contributed by atoms with Crippen LogP contribution >= 0.6 is 0 Å². The summed E-state index contributed by atoms with van der Waals surface area (Å²) in [5.41, 5.74) is 0. The second kappa shape index (κ2) is 4.76. The largest absolute Gasteiger partial charge is 0.390 e. The van der Waals surface area contributed by atoms with E-state index in [1.165, 1.54) is 12.8 Å². The van der Waals surface area contributed by atoms with E-state index in [-0.39, 0.29) is 12.1 Å². The Hall–Kier alpha value is -0.910. The summed E-state index contributed by atoms with van der Waals surface area (Å²) in [5, 5.41) is 13.5. The van der Waals surface area contributed by atoms with Crippen LogP contribution in [-0.2, 0) is 0 Å². The fourth-order valence-electron chi connectivity index (χ4n) is 3.03. The van der Waals surface area contributed by atoms with Crippen LogP contribution in [0.3, 0.4) is 0 Å². The zero-order valence-electron chi connectivity index (χ0n) is 10.00. The van der Waals surface area contributed by atoms with Gasteiger partial charge in [-0.3, -0.25) is 4.90 Å². The summed E-state index contributed by atoms with van der Waals surface area (Å²) in [4.78, 5) is 6.50. The van der Waals surface area contributed by atoms with Crippen LogP contribution in [0.25, 0.3) is 0 Å². The Bertz CT molecular complexity index is 347. The lowest BCUT2D eigenvalue weighted by atomic mass is 10.1. The summed E-state index contributed by atoms with van der Waals surface area (Å²) in [6.45, 7) is 3.95. The van der Waals surface area contributed by atoms with Gasteiger partial charge in [0, 0.05) is 31.5 Å². The van der Waals surface area contributed by atoms with Gasteiger partial charge in [0.05, 0.1) is 18.5 Å². The second-order valence-corrected chi connectivity index (χ2v) is 5.08. The van der Waals surface area contributed by atoms with Gasteiger partial charge in [0.1, 0.15) is 0 Å². The molecule has 0 aromatic carbocycles. The third kappa shape index (κ3) is 2.22. The topological polar surface area (TPSA) is 53.3 Å². The highest BCUT2D eigenvalue weighted by Crippen LogP contribution is 2.26.